The van der Waals surface area contributed by atoms with E-state index >= 15 is 0 Å². The monoisotopic (exact) mass is 362 g/mol. The SMILES string of the molecule is O=C(Cn1ccc(=O)c([N+](=O)[O-])c1)Nc1nc(CC(F)(F)F)cs1. The largest absolute Gasteiger partial charge is 0.394 e. The molecule has 0 atom stereocenters. The van der Waals surface area contributed by atoms with Gasteiger partial charge in [0.25, 0.3) is 5.43 Å². The maximum atomic E-state index is 12.2. The molecule has 0 saturated carbocycles. The van der Waals surface area contributed by atoms with Crippen LogP contribution in [0.1, 0.15) is 5.69 Å². The summed E-state index contributed by atoms with van der Waals surface area (Å²) in [6.45, 7) is -0.366. The van der Waals surface area contributed by atoms with Gasteiger partial charge in [0.15, 0.2) is 5.13 Å². The van der Waals surface area contributed by atoms with Gasteiger partial charge in [-0.15, -0.1) is 11.3 Å². The summed E-state index contributed by atoms with van der Waals surface area (Å²) >= 11 is 0.829. The molecule has 0 spiro atoms. The Balaban J connectivity index is 2.02. The molecule has 0 aromatic carbocycles. The number of rotatable bonds is 5. The number of amides is 1. The van der Waals surface area contributed by atoms with E-state index in [9.17, 15) is 32.9 Å². The molecule has 0 unspecified atom stereocenters. The van der Waals surface area contributed by atoms with E-state index in [-0.39, 0.29) is 17.4 Å². The standard InChI is InChI=1S/C12H9F3N4O4S/c13-12(14,15)3-7-6-24-11(16-7)17-10(21)5-18-2-1-9(20)8(4-18)19(22)23/h1-2,4,6H,3,5H2,(H,16,17,21). The van der Waals surface area contributed by atoms with Crippen LogP contribution in [0.4, 0.5) is 24.0 Å². The number of thiazole rings is 1. The number of anilines is 1. The first-order chi connectivity index (χ1) is 11.1. The molecule has 0 radical (unpaired) electrons. The molecule has 1 N–H and O–H groups in total. The number of pyridine rings is 1. The molecule has 0 aliphatic rings. The van der Waals surface area contributed by atoms with Crippen LogP contribution in [-0.2, 0) is 17.8 Å². The van der Waals surface area contributed by atoms with Crippen LogP contribution in [0, 0.1) is 10.1 Å². The van der Waals surface area contributed by atoms with E-state index in [2.05, 4.69) is 10.3 Å². The van der Waals surface area contributed by atoms with Gasteiger partial charge in [0, 0.05) is 17.6 Å². The quantitative estimate of drug-likeness (QED) is 0.646. The van der Waals surface area contributed by atoms with Crippen molar-refractivity contribution in [2.24, 2.45) is 0 Å². The predicted molar refractivity (Wildman–Crippen MR) is 77.9 cm³/mol. The molecule has 2 heterocycles. The van der Waals surface area contributed by atoms with E-state index in [0.717, 1.165) is 28.2 Å². The molecule has 128 valence electrons. The number of carbonyl (C=O) groups excluding carboxylic acids is 1. The number of alkyl halides is 3. The topological polar surface area (TPSA) is 107 Å². The van der Waals surface area contributed by atoms with Crippen LogP contribution in [0.2, 0.25) is 0 Å². The minimum absolute atomic E-state index is 0.0187. The normalized spacial score (nSPS) is 11.3. The van der Waals surface area contributed by atoms with Crippen molar-refractivity contribution in [3.63, 3.8) is 0 Å². The van der Waals surface area contributed by atoms with Crippen LogP contribution in [0.15, 0.2) is 28.6 Å². The van der Waals surface area contributed by atoms with Crippen LogP contribution in [0.5, 0.6) is 0 Å². The Morgan fingerprint density at radius 3 is 2.79 bits per heavy atom. The summed E-state index contributed by atoms with van der Waals surface area (Å²) in [6, 6.07) is 0.941. The van der Waals surface area contributed by atoms with Gasteiger partial charge < -0.3 is 9.88 Å². The smallest absolute Gasteiger partial charge is 0.339 e. The minimum Gasteiger partial charge on any atom is -0.339 e. The summed E-state index contributed by atoms with van der Waals surface area (Å²) in [5.41, 5.74) is -1.71. The number of aromatic nitrogens is 2. The number of hydrogen-bond donors (Lipinski definition) is 1. The molecule has 2 aromatic rings. The van der Waals surface area contributed by atoms with Crippen LogP contribution in [-0.4, -0.2) is 26.6 Å². The van der Waals surface area contributed by atoms with Gasteiger partial charge in [-0.3, -0.25) is 19.7 Å². The maximum absolute atomic E-state index is 12.2. The summed E-state index contributed by atoms with van der Waals surface area (Å²) in [5.74, 6) is -0.652. The molecule has 8 nitrogen and oxygen atoms in total. The highest BCUT2D eigenvalue weighted by molar-refractivity contribution is 7.13. The van der Waals surface area contributed by atoms with E-state index < -0.39 is 34.5 Å². The average molecular weight is 362 g/mol. The maximum Gasteiger partial charge on any atom is 0.394 e. The molecule has 1 amide bonds. The van der Waals surface area contributed by atoms with Crippen molar-refractivity contribution in [1.29, 1.82) is 0 Å². The van der Waals surface area contributed by atoms with Gasteiger partial charge >= 0.3 is 11.9 Å². The van der Waals surface area contributed by atoms with Crippen LogP contribution < -0.4 is 10.7 Å². The number of nitro groups is 1. The minimum atomic E-state index is -4.40. The molecular formula is C12H9F3N4O4S. The lowest BCUT2D eigenvalue weighted by atomic mass is 10.3. The van der Waals surface area contributed by atoms with E-state index in [4.69, 9.17) is 0 Å². The molecule has 0 saturated heterocycles. The zero-order chi connectivity index (χ0) is 17.9. The molecule has 12 heteroatoms. The first-order valence-corrected chi connectivity index (χ1v) is 7.17. The third kappa shape index (κ3) is 4.87. The molecule has 24 heavy (non-hydrogen) atoms. The van der Waals surface area contributed by atoms with Crippen molar-refractivity contribution >= 4 is 28.1 Å². The van der Waals surface area contributed by atoms with Gasteiger partial charge in [-0.05, 0) is 0 Å². The zero-order valence-corrected chi connectivity index (χ0v) is 12.6. The first kappa shape index (κ1) is 17.6. The second-order valence-corrected chi connectivity index (χ2v) is 5.47. The zero-order valence-electron chi connectivity index (χ0n) is 11.7. The average Bonchev–Trinajstić information content (AvgIpc) is 2.85. The second-order valence-electron chi connectivity index (χ2n) is 4.61. The Hall–Kier alpha value is -2.76. The highest BCUT2D eigenvalue weighted by Gasteiger charge is 2.29. The number of carbonyl (C=O) groups is 1. The molecular weight excluding hydrogens is 353 g/mol. The second kappa shape index (κ2) is 6.78. The molecule has 2 rings (SSSR count). The fourth-order valence-electron chi connectivity index (χ4n) is 1.72. The van der Waals surface area contributed by atoms with E-state index in [1.54, 1.807) is 0 Å². The highest BCUT2D eigenvalue weighted by Crippen LogP contribution is 2.24. The molecule has 2 aromatic heterocycles. The van der Waals surface area contributed by atoms with Gasteiger partial charge in [-0.2, -0.15) is 13.2 Å². The van der Waals surface area contributed by atoms with Crippen molar-refractivity contribution in [3.05, 3.63) is 49.9 Å². The summed E-state index contributed by atoms with van der Waals surface area (Å²) < 4.78 is 37.8. The molecule has 0 bridgehead atoms. The van der Waals surface area contributed by atoms with Crippen molar-refractivity contribution in [2.45, 2.75) is 19.1 Å². The third-order valence-corrected chi connectivity index (χ3v) is 3.47. The lowest BCUT2D eigenvalue weighted by Crippen LogP contribution is -2.20. The fraction of sp³-hybridized carbons (Fsp3) is 0.250. The van der Waals surface area contributed by atoms with Crippen molar-refractivity contribution in [1.82, 2.24) is 9.55 Å². The van der Waals surface area contributed by atoms with Gasteiger partial charge in [0.1, 0.15) is 6.54 Å². The Labute approximate surface area is 135 Å². The summed E-state index contributed by atoms with van der Waals surface area (Å²) in [7, 11) is 0. The summed E-state index contributed by atoms with van der Waals surface area (Å²) in [4.78, 5) is 36.5. The van der Waals surface area contributed by atoms with E-state index in [1.807, 2.05) is 0 Å². The van der Waals surface area contributed by atoms with Crippen LogP contribution in [0.25, 0.3) is 0 Å². The highest BCUT2D eigenvalue weighted by atomic mass is 32.1. The van der Waals surface area contributed by atoms with Gasteiger partial charge in [-0.25, -0.2) is 4.98 Å². The van der Waals surface area contributed by atoms with E-state index in [0.29, 0.717) is 0 Å². The van der Waals surface area contributed by atoms with Gasteiger partial charge in [0.2, 0.25) is 5.91 Å². The van der Waals surface area contributed by atoms with E-state index in [1.165, 1.54) is 11.6 Å². The Morgan fingerprint density at radius 1 is 1.46 bits per heavy atom. The van der Waals surface area contributed by atoms with Crippen molar-refractivity contribution in [2.75, 3.05) is 5.32 Å². The third-order valence-electron chi connectivity index (χ3n) is 2.66. The first-order valence-electron chi connectivity index (χ1n) is 6.29. The number of halogens is 3. The summed E-state index contributed by atoms with van der Waals surface area (Å²) in [6.07, 6.45) is -3.51. The number of hydrogen-bond acceptors (Lipinski definition) is 6. The predicted octanol–water partition coefficient (Wildman–Crippen LogP) is 1.96. The Bertz CT molecular complexity index is 830. The fourth-order valence-corrected chi connectivity index (χ4v) is 2.45. The lowest BCUT2D eigenvalue weighted by Gasteiger charge is -2.05. The van der Waals surface area contributed by atoms with Crippen LogP contribution >= 0.6 is 11.3 Å². The molecule has 0 aliphatic carbocycles. The van der Waals surface area contributed by atoms with Crippen molar-refractivity contribution in [3.8, 4) is 0 Å². The van der Waals surface area contributed by atoms with Gasteiger partial charge in [-0.1, -0.05) is 0 Å². The number of nitrogens with one attached hydrogen (secondary N) is 1. The van der Waals surface area contributed by atoms with Crippen molar-refractivity contribution < 1.29 is 22.9 Å². The Kier molecular flexibility index (Phi) is 4.97. The molecule has 0 fully saturated rings. The summed E-state index contributed by atoms with van der Waals surface area (Å²) in [5, 5.41) is 14.1. The van der Waals surface area contributed by atoms with Crippen LogP contribution in [0.3, 0.4) is 0 Å². The number of nitrogens with zero attached hydrogens (tertiary/aromatic N) is 3. The lowest BCUT2D eigenvalue weighted by molar-refractivity contribution is -0.386. The van der Waals surface area contributed by atoms with Gasteiger partial charge in [0.05, 0.1) is 23.2 Å². The Morgan fingerprint density at radius 2 is 2.17 bits per heavy atom. The molecule has 0 aliphatic heterocycles.